The minimum atomic E-state index is -1.14. The molecule has 0 heterocycles. The maximum absolute atomic E-state index is 10.9. The maximum Gasteiger partial charge on any atom is 0.322 e. The Morgan fingerprint density at radius 2 is 2.00 bits per heavy atom. The van der Waals surface area contributed by atoms with Crippen molar-refractivity contribution >= 4 is 11.9 Å². The van der Waals surface area contributed by atoms with Crippen molar-refractivity contribution in [3.05, 3.63) is 0 Å². The molecule has 2 atom stereocenters. The lowest BCUT2D eigenvalue weighted by Gasteiger charge is -2.09. The van der Waals surface area contributed by atoms with E-state index in [1.807, 2.05) is 0 Å². The third kappa shape index (κ3) is 6.06. The number of hydrogen-bond donors (Lipinski definition) is 4. The Kier molecular flexibility index (Phi) is 5.01. The summed E-state index contributed by atoms with van der Waals surface area (Å²) in [6.07, 6.45) is 0.173. The molecule has 0 aliphatic rings. The predicted octanol–water partition coefficient (Wildman–Crippen LogP) is -1.75. The fourth-order valence-corrected chi connectivity index (χ4v) is 0.676. The lowest BCUT2D eigenvalue weighted by Crippen LogP contribution is -2.43. The molecule has 0 aliphatic heterocycles. The fraction of sp³-hybridized carbons (Fsp3) is 0.714. The Labute approximate surface area is 76.3 Å². The highest BCUT2D eigenvalue weighted by atomic mass is 16.4. The van der Waals surface area contributed by atoms with Gasteiger partial charge in [-0.3, -0.25) is 9.59 Å². The van der Waals surface area contributed by atoms with Crippen LogP contribution in [0.4, 0.5) is 0 Å². The van der Waals surface area contributed by atoms with Crippen molar-refractivity contribution in [1.29, 1.82) is 0 Å². The Morgan fingerprint density at radius 3 is 2.38 bits per heavy atom. The van der Waals surface area contributed by atoms with Crippen LogP contribution < -0.4 is 16.8 Å². The van der Waals surface area contributed by atoms with Gasteiger partial charge in [-0.2, -0.15) is 0 Å². The number of carboxylic acid groups (broad SMARTS) is 1. The monoisotopic (exact) mass is 189 g/mol. The molecule has 6 N–H and O–H groups in total. The number of nitrogens with one attached hydrogen (secondary N) is 1. The number of rotatable bonds is 5. The maximum atomic E-state index is 10.9. The lowest BCUT2D eigenvalue weighted by molar-refractivity contribution is -0.138. The summed E-state index contributed by atoms with van der Waals surface area (Å²) >= 11 is 0. The first-order chi connectivity index (χ1) is 5.93. The second-order valence-electron chi connectivity index (χ2n) is 2.93. The van der Waals surface area contributed by atoms with Crippen LogP contribution in [0.3, 0.4) is 0 Å². The number of hydrogen-bond acceptors (Lipinski definition) is 4. The third-order valence-corrected chi connectivity index (χ3v) is 1.34. The Hall–Kier alpha value is -1.14. The van der Waals surface area contributed by atoms with Crippen LogP contribution in [0.2, 0.25) is 0 Å². The van der Waals surface area contributed by atoms with Crippen LogP contribution >= 0.6 is 0 Å². The van der Waals surface area contributed by atoms with E-state index >= 15 is 0 Å². The van der Waals surface area contributed by atoms with E-state index in [1.165, 1.54) is 0 Å². The number of carbonyl (C=O) groups excluding carboxylic acids is 1. The highest BCUT2D eigenvalue weighted by Crippen LogP contribution is 1.85. The molecule has 2 unspecified atom stereocenters. The van der Waals surface area contributed by atoms with E-state index in [9.17, 15) is 9.59 Å². The lowest BCUT2D eigenvalue weighted by atomic mass is 10.2. The molecule has 0 rings (SSSR count). The van der Waals surface area contributed by atoms with Crippen LogP contribution in [0.15, 0.2) is 0 Å². The molecule has 0 radical (unpaired) electrons. The van der Waals surface area contributed by atoms with Gasteiger partial charge in [-0.05, 0) is 6.92 Å². The van der Waals surface area contributed by atoms with Gasteiger partial charge in [0.25, 0.3) is 0 Å². The van der Waals surface area contributed by atoms with E-state index in [1.54, 1.807) is 6.92 Å². The molecule has 6 heteroatoms. The van der Waals surface area contributed by atoms with Gasteiger partial charge in [-0.25, -0.2) is 0 Å². The van der Waals surface area contributed by atoms with Crippen LogP contribution in [0.1, 0.15) is 13.3 Å². The van der Waals surface area contributed by atoms with Gasteiger partial charge in [-0.15, -0.1) is 0 Å². The smallest absolute Gasteiger partial charge is 0.322 e. The first-order valence-electron chi connectivity index (χ1n) is 3.94. The summed E-state index contributed by atoms with van der Waals surface area (Å²) in [5, 5.41) is 10.7. The van der Waals surface area contributed by atoms with E-state index in [0.29, 0.717) is 0 Å². The average Bonchev–Trinajstić information content (AvgIpc) is 1.98. The van der Waals surface area contributed by atoms with E-state index in [4.69, 9.17) is 16.6 Å². The Bertz CT molecular complexity index is 193. The first-order valence-corrected chi connectivity index (χ1v) is 3.94. The average molecular weight is 189 g/mol. The number of carbonyl (C=O) groups is 2. The molecule has 0 fully saturated rings. The van der Waals surface area contributed by atoms with E-state index in [0.717, 1.165) is 0 Å². The summed E-state index contributed by atoms with van der Waals surface area (Å²) in [6, 6.07) is -1.29. The van der Waals surface area contributed by atoms with Gasteiger partial charge in [0.05, 0.1) is 0 Å². The molecule has 0 aromatic rings. The van der Waals surface area contributed by atoms with Gasteiger partial charge in [0.15, 0.2) is 0 Å². The summed E-state index contributed by atoms with van der Waals surface area (Å²) in [5.41, 5.74) is 10.5. The van der Waals surface area contributed by atoms with Crippen molar-refractivity contribution in [3.63, 3.8) is 0 Å². The Balaban J connectivity index is 3.64. The normalized spacial score (nSPS) is 14.7. The largest absolute Gasteiger partial charge is 0.480 e. The van der Waals surface area contributed by atoms with Crippen LogP contribution in [0.25, 0.3) is 0 Å². The molecular formula is C7H15N3O3. The topological polar surface area (TPSA) is 118 Å². The van der Waals surface area contributed by atoms with Crippen molar-refractivity contribution in [2.75, 3.05) is 6.54 Å². The predicted molar refractivity (Wildman–Crippen MR) is 46.9 cm³/mol. The van der Waals surface area contributed by atoms with Crippen LogP contribution in [0, 0.1) is 0 Å². The van der Waals surface area contributed by atoms with Crippen LogP contribution in [-0.4, -0.2) is 35.6 Å². The molecule has 0 saturated heterocycles. The molecule has 0 bridgehead atoms. The van der Waals surface area contributed by atoms with Crippen molar-refractivity contribution < 1.29 is 14.7 Å². The summed E-state index contributed by atoms with van der Waals surface area (Å²) < 4.78 is 0. The molecule has 13 heavy (non-hydrogen) atoms. The molecule has 6 nitrogen and oxygen atoms in total. The first kappa shape index (κ1) is 11.9. The van der Waals surface area contributed by atoms with Crippen LogP contribution in [-0.2, 0) is 9.59 Å². The quantitative estimate of drug-likeness (QED) is 0.409. The van der Waals surface area contributed by atoms with Crippen LogP contribution in [0.5, 0.6) is 0 Å². The second-order valence-corrected chi connectivity index (χ2v) is 2.93. The van der Waals surface area contributed by atoms with Crippen molar-refractivity contribution in [2.24, 2.45) is 11.5 Å². The molecule has 0 aliphatic carbocycles. The zero-order valence-corrected chi connectivity index (χ0v) is 7.49. The molecule has 76 valence electrons. The summed E-state index contributed by atoms with van der Waals surface area (Å²) in [7, 11) is 0. The number of amides is 1. The number of carboxylic acids is 1. The standard InChI is InChI=1S/C7H15N3O3/c1-4(8)2-6(11)10-3-5(9)7(12)13/h4-5H,2-3,8-9H2,1H3,(H,10,11)(H,12,13). The summed E-state index contributed by atoms with van der Waals surface area (Å²) in [4.78, 5) is 21.2. The minimum Gasteiger partial charge on any atom is -0.480 e. The zero-order chi connectivity index (χ0) is 10.4. The minimum absolute atomic E-state index is 0.0686. The van der Waals surface area contributed by atoms with E-state index < -0.39 is 12.0 Å². The fourth-order valence-electron chi connectivity index (χ4n) is 0.676. The van der Waals surface area contributed by atoms with Gasteiger partial charge >= 0.3 is 5.97 Å². The highest BCUT2D eigenvalue weighted by molar-refractivity contribution is 5.78. The van der Waals surface area contributed by atoms with Gasteiger partial charge in [0, 0.05) is 19.0 Å². The van der Waals surface area contributed by atoms with Gasteiger partial charge < -0.3 is 21.9 Å². The molecular weight excluding hydrogens is 174 g/mol. The molecule has 0 spiro atoms. The molecule has 0 aromatic heterocycles. The van der Waals surface area contributed by atoms with E-state index in [2.05, 4.69) is 5.32 Å². The zero-order valence-electron chi connectivity index (χ0n) is 7.49. The van der Waals surface area contributed by atoms with Gasteiger partial charge in [0.1, 0.15) is 6.04 Å². The molecule has 0 saturated carbocycles. The van der Waals surface area contributed by atoms with Crippen molar-refractivity contribution in [1.82, 2.24) is 5.32 Å². The molecule has 0 aromatic carbocycles. The summed E-state index contributed by atoms with van der Waals surface area (Å²) in [6.45, 7) is 1.62. The second kappa shape index (κ2) is 5.50. The Morgan fingerprint density at radius 1 is 1.46 bits per heavy atom. The number of nitrogens with two attached hydrogens (primary N) is 2. The number of aliphatic carboxylic acids is 1. The van der Waals surface area contributed by atoms with Crippen molar-refractivity contribution in [2.45, 2.75) is 25.4 Å². The summed E-state index contributed by atoms with van der Waals surface area (Å²) in [5.74, 6) is -1.42. The third-order valence-electron chi connectivity index (χ3n) is 1.34. The van der Waals surface area contributed by atoms with Gasteiger partial charge in [-0.1, -0.05) is 0 Å². The van der Waals surface area contributed by atoms with Crippen molar-refractivity contribution in [3.8, 4) is 0 Å². The van der Waals surface area contributed by atoms with E-state index in [-0.39, 0.29) is 24.9 Å². The SMILES string of the molecule is CC(N)CC(=O)NCC(N)C(=O)O. The molecule has 1 amide bonds. The highest BCUT2D eigenvalue weighted by Gasteiger charge is 2.12. The van der Waals surface area contributed by atoms with Gasteiger partial charge in [0.2, 0.25) is 5.91 Å².